The maximum Gasteiger partial charge on any atom is 0.239 e. The lowest BCUT2D eigenvalue weighted by molar-refractivity contribution is -0.131. The molecule has 0 N–H and O–H groups in total. The Balaban J connectivity index is 1.90. The number of nitrogens with zero attached hydrogens (tertiary/aromatic N) is 3. The van der Waals surface area contributed by atoms with Gasteiger partial charge in [0.05, 0.1) is 12.0 Å². The zero-order chi connectivity index (χ0) is 15.2. The highest BCUT2D eigenvalue weighted by Gasteiger charge is 2.54. The number of anilines is 1. The van der Waals surface area contributed by atoms with Crippen LogP contribution in [-0.4, -0.2) is 62.4 Å². The summed E-state index contributed by atoms with van der Waals surface area (Å²) in [6.07, 6.45) is 0.715. The van der Waals surface area contributed by atoms with E-state index >= 15 is 0 Å². The molecule has 3 rings (SSSR count). The zero-order valence-corrected chi connectivity index (χ0v) is 12.8. The van der Waals surface area contributed by atoms with E-state index in [-0.39, 0.29) is 11.8 Å². The summed E-state index contributed by atoms with van der Waals surface area (Å²) in [4.78, 5) is 30.4. The number of carbonyl (C=O) groups is 2. The first-order valence-corrected chi connectivity index (χ1v) is 7.26. The van der Waals surface area contributed by atoms with E-state index in [1.54, 1.807) is 4.90 Å². The van der Waals surface area contributed by atoms with Gasteiger partial charge in [0.2, 0.25) is 11.8 Å². The fourth-order valence-electron chi connectivity index (χ4n) is 3.50. The van der Waals surface area contributed by atoms with Crippen LogP contribution in [0.3, 0.4) is 0 Å². The Hall–Kier alpha value is -1.88. The van der Waals surface area contributed by atoms with Crippen LogP contribution < -0.4 is 4.90 Å². The lowest BCUT2D eigenvalue weighted by Gasteiger charge is -2.24. The number of hydrogen-bond donors (Lipinski definition) is 0. The van der Waals surface area contributed by atoms with Gasteiger partial charge in [-0.2, -0.15) is 0 Å². The van der Waals surface area contributed by atoms with Crippen molar-refractivity contribution in [3.05, 3.63) is 29.8 Å². The largest absolute Gasteiger partial charge is 0.340 e. The van der Waals surface area contributed by atoms with Gasteiger partial charge in [-0.25, -0.2) is 0 Å². The van der Waals surface area contributed by atoms with Crippen LogP contribution in [0.15, 0.2) is 24.3 Å². The van der Waals surface area contributed by atoms with E-state index in [2.05, 4.69) is 0 Å². The molecule has 2 heterocycles. The lowest BCUT2D eigenvalue weighted by Crippen LogP contribution is -2.43. The van der Waals surface area contributed by atoms with Gasteiger partial charge in [-0.1, -0.05) is 18.2 Å². The van der Waals surface area contributed by atoms with Crippen molar-refractivity contribution >= 4 is 17.5 Å². The number of para-hydroxylation sites is 1. The van der Waals surface area contributed by atoms with Crippen molar-refractivity contribution in [2.24, 2.45) is 0 Å². The molecule has 2 aliphatic heterocycles. The van der Waals surface area contributed by atoms with Crippen molar-refractivity contribution < 1.29 is 9.59 Å². The number of hydrogen-bond acceptors (Lipinski definition) is 3. The molecule has 1 spiro atoms. The topological polar surface area (TPSA) is 43.9 Å². The van der Waals surface area contributed by atoms with Crippen LogP contribution in [0.4, 0.5) is 5.69 Å². The molecule has 1 aromatic rings. The van der Waals surface area contributed by atoms with Gasteiger partial charge in [-0.3, -0.25) is 9.59 Å². The second-order valence-electron chi connectivity index (χ2n) is 6.27. The fraction of sp³-hybridized carbons (Fsp3) is 0.500. The highest BCUT2D eigenvalue weighted by atomic mass is 16.2. The predicted octanol–water partition coefficient (Wildman–Crippen LogP) is 0.695. The van der Waals surface area contributed by atoms with Gasteiger partial charge in [0.1, 0.15) is 0 Å². The van der Waals surface area contributed by atoms with Gasteiger partial charge < -0.3 is 14.7 Å². The summed E-state index contributed by atoms with van der Waals surface area (Å²) in [5, 5.41) is 0. The van der Waals surface area contributed by atoms with Gasteiger partial charge in [-0.05, 0) is 32.1 Å². The Morgan fingerprint density at radius 3 is 2.76 bits per heavy atom. The number of amides is 2. The summed E-state index contributed by atoms with van der Waals surface area (Å²) in [5.74, 6) is 0.209. The van der Waals surface area contributed by atoms with Gasteiger partial charge in [0, 0.05) is 25.8 Å². The third-order valence-corrected chi connectivity index (χ3v) is 4.57. The first-order valence-electron chi connectivity index (χ1n) is 7.26. The average Bonchev–Trinajstić information content (AvgIpc) is 2.98. The van der Waals surface area contributed by atoms with E-state index in [1.807, 2.05) is 55.2 Å². The molecule has 1 fully saturated rings. The number of fused-ring (bicyclic) bond motifs is 2. The van der Waals surface area contributed by atoms with Crippen molar-refractivity contribution in [2.45, 2.75) is 11.8 Å². The minimum absolute atomic E-state index is 0.0942. The molecule has 0 aliphatic carbocycles. The molecular weight excluding hydrogens is 266 g/mol. The van der Waals surface area contributed by atoms with Crippen LogP contribution in [0.5, 0.6) is 0 Å². The SMILES string of the molecule is CN(C)CC(=O)N1CC[C@@]2(C1)C(=O)N(C)c1ccccc12. The first-order chi connectivity index (χ1) is 9.95. The molecule has 1 saturated heterocycles. The molecule has 2 amide bonds. The van der Waals surface area contributed by atoms with E-state index in [0.717, 1.165) is 11.3 Å². The van der Waals surface area contributed by atoms with Crippen LogP contribution in [0.2, 0.25) is 0 Å². The van der Waals surface area contributed by atoms with Gasteiger partial charge in [0.25, 0.3) is 0 Å². The molecule has 112 valence electrons. The minimum atomic E-state index is -0.534. The minimum Gasteiger partial charge on any atom is -0.340 e. The van der Waals surface area contributed by atoms with Crippen LogP contribution in [0.25, 0.3) is 0 Å². The predicted molar refractivity (Wildman–Crippen MR) is 81.3 cm³/mol. The van der Waals surface area contributed by atoms with E-state index in [1.165, 1.54) is 0 Å². The second-order valence-corrected chi connectivity index (χ2v) is 6.27. The molecule has 5 heteroatoms. The Kier molecular flexibility index (Phi) is 3.24. The zero-order valence-electron chi connectivity index (χ0n) is 12.8. The third-order valence-electron chi connectivity index (χ3n) is 4.57. The molecule has 1 atom stereocenters. The van der Waals surface area contributed by atoms with Crippen molar-refractivity contribution in [3.8, 4) is 0 Å². The van der Waals surface area contributed by atoms with E-state index in [0.29, 0.717) is 26.1 Å². The molecule has 0 unspecified atom stereocenters. The number of likely N-dealkylation sites (tertiary alicyclic amines) is 1. The van der Waals surface area contributed by atoms with Crippen molar-refractivity contribution in [1.29, 1.82) is 0 Å². The maximum atomic E-state index is 12.8. The van der Waals surface area contributed by atoms with E-state index in [4.69, 9.17) is 0 Å². The van der Waals surface area contributed by atoms with Crippen LogP contribution in [-0.2, 0) is 15.0 Å². The van der Waals surface area contributed by atoms with Crippen molar-refractivity contribution in [2.75, 3.05) is 45.7 Å². The second kappa shape index (κ2) is 4.84. The highest BCUT2D eigenvalue weighted by Crippen LogP contribution is 2.46. The summed E-state index contributed by atoms with van der Waals surface area (Å²) in [6, 6.07) is 7.92. The molecular formula is C16H21N3O2. The van der Waals surface area contributed by atoms with Crippen LogP contribution in [0, 0.1) is 0 Å². The van der Waals surface area contributed by atoms with E-state index < -0.39 is 5.41 Å². The van der Waals surface area contributed by atoms with Gasteiger partial charge in [-0.15, -0.1) is 0 Å². The van der Waals surface area contributed by atoms with Gasteiger partial charge >= 0.3 is 0 Å². The number of likely N-dealkylation sites (N-methyl/N-ethyl adjacent to an activating group) is 2. The van der Waals surface area contributed by atoms with Crippen LogP contribution in [0.1, 0.15) is 12.0 Å². The Morgan fingerprint density at radius 2 is 2.05 bits per heavy atom. The standard InChI is InChI=1S/C16H21N3O2/c1-17(2)10-14(20)19-9-8-16(11-19)12-6-4-5-7-13(12)18(3)15(16)21/h4-7H,8-11H2,1-3H3/t16-/m0/s1. The summed E-state index contributed by atoms with van der Waals surface area (Å²) in [7, 11) is 5.58. The van der Waals surface area contributed by atoms with Crippen LogP contribution >= 0.6 is 0 Å². The molecule has 5 nitrogen and oxygen atoms in total. The molecule has 0 aromatic heterocycles. The Morgan fingerprint density at radius 1 is 1.33 bits per heavy atom. The number of rotatable bonds is 2. The smallest absolute Gasteiger partial charge is 0.239 e. The average molecular weight is 287 g/mol. The number of benzene rings is 1. The van der Waals surface area contributed by atoms with Crippen molar-refractivity contribution in [1.82, 2.24) is 9.80 Å². The normalized spacial score (nSPS) is 24.3. The Bertz CT molecular complexity index is 599. The monoisotopic (exact) mass is 287 g/mol. The quantitative estimate of drug-likeness (QED) is 0.804. The van der Waals surface area contributed by atoms with E-state index in [9.17, 15) is 9.59 Å². The molecule has 0 bridgehead atoms. The fourth-order valence-corrected chi connectivity index (χ4v) is 3.50. The maximum absolute atomic E-state index is 12.8. The molecule has 21 heavy (non-hydrogen) atoms. The van der Waals surface area contributed by atoms with Crippen molar-refractivity contribution in [3.63, 3.8) is 0 Å². The summed E-state index contributed by atoms with van der Waals surface area (Å²) < 4.78 is 0. The molecule has 1 aromatic carbocycles. The Labute approximate surface area is 125 Å². The first kappa shape index (κ1) is 14.1. The molecule has 0 radical (unpaired) electrons. The lowest BCUT2D eigenvalue weighted by atomic mass is 9.81. The summed E-state index contributed by atoms with van der Waals surface area (Å²) in [5.41, 5.74) is 1.51. The number of carbonyl (C=O) groups excluding carboxylic acids is 2. The highest BCUT2D eigenvalue weighted by molar-refractivity contribution is 6.08. The molecule has 0 saturated carbocycles. The molecule has 2 aliphatic rings. The van der Waals surface area contributed by atoms with Gasteiger partial charge in [0.15, 0.2) is 0 Å². The summed E-state index contributed by atoms with van der Waals surface area (Å²) in [6.45, 7) is 1.54. The summed E-state index contributed by atoms with van der Waals surface area (Å²) >= 11 is 0. The third kappa shape index (κ3) is 2.03.